The van der Waals surface area contributed by atoms with E-state index in [1.165, 1.54) is 0 Å². The first-order valence-corrected chi connectivity index (χ1v) is 9.12. The summed E-state index contributed by atoms with van der Waals surface area (Å²) in [6.07, 6.45) is 0. The minimum absolute atomic E-state index is 0.00624. The normalized spacial score (nSPS) is 11.4. The molecule has 2 aromatic rings. The van der Waals surface area contributed by atoms with Crippen LogP contribution < -0.4 is 21.5 Å². The first-order valence-electron chi connectivity index (χ1n) is 9.12. The van der Waals surface area contributed by atoms with Crippen molar-refractivity contribution in [2.24, 2.45) is 5.92 Å². The first kappa shape index (κ1) is 21.0. The second-order valence-electron chi connectivity index (χ2n) is 6.82. The highest BCUT2D eigenvalue weighted by Gasteiger charge is 2.25. The second-order valence-corrected chi connectivity index (χ2v) is 6.82. The molecule has 3 amide bonds. The van der Waals surface area contributed by atoms with Crippen LogP contribution >= 0.6 is 0 Å². The molecule has 0 spiro atoms. The summed E-state index contributed by atoms with van der Waals surface area (Å²) in [6.45, 7) is 5.54. The van der Waals surface area contributed by atoms with Crippen molar-refractivity contribution in [2.75, 3.05) is 11.9 Å². The fourth-order valence-electron chi connectivity index (χ4n) is 2.54. The van der Waals surface area contributed by atoms with Crippen LogP contribution in [-0.4, -0.2) is 30.3 Å². The van der Waals surface area contributed by atoms with Gasteiger partial charge in [-0.2, -0.15) is 0 Å². The fourth-order valence-corrected chi connectivity index (χ4v) is 2.54. The highest BCUT2D eigenvalue weighted by molar-refractivity contribution is 5.98. The third-order valence-electron chi connectivity index (χ3n) is 4.07. The maximum Gasteiger partial charge on any atom is 0.261 e. The molecule has 0 aliphatic carbocycles. The summed E-state index contributed by atoms with van der Waals surface area (Å²) in [5, 5.41) is 5.67. The minimum Gasteiger partial charge on any atom is -0.376 e. The molecule has 2 aromatic carbocycles. The van der Waals surface area contributed by atoms with Gasteiger partial charge in [0.15, 0.2) is 0 Å². The van der Waals surface area contributed by atoms with E-state index < -0.39 is 17.9 Å². The maximum atomic E-state index is 12.4. The van der Waals surface area contributed by atoms with Crippen LogP contribution in [0.5, 0.6) is 0 Å². The molecule has 148 valence electrons. The summed E-state index contributed by atoms with van der Waals surface area (Å²) in [7, 11) is 0. The molecule has 7 heteroatoms. The molecule has 0 fully saturated rings. The number of anilines is 1. The molecule has 0 bridgehead atoms. The molecular weight excluding hydrogens is 356 g/mol. The lowest BCUT2D eigenvalue weighted by Crippen LogP contribution is -2.55. The van der Waals surface area contributed by atoms with Crippen molar-refractivity contribution in [2.45, 2.75) is 26.8 Å². The molecule has 2 rings (SSSR count). The Labute approximate surface area is 164 Å². The molecule has 28 heavy (non-hydrogen) atoms. The van der Waals surface area contributed by atoms with Gasteiger partial charge in [0.25, 0.3) is 17.7 Å². The molecule has 0 aliphatic heterocycles. The van der Waals surface area contributed by atoms with Gasteiger partial charge in [0, 0.05) is 11.3 Å². The van der Waals surface area contributed by atoms with Gasteiger partial charge in [-0.1, -0.05) is 49.7 Å². The molecule has 0 radical (unpaired) electrons. The number of hydrazine groups is 1. The molecule has 1 unspecified atom stereocenters. The van der Waals surface area contributed by atoms with Gasteiger partial charge in [-0.3, -0.25) is 25.2 Å². The van der Waals surface area contributed by atoms with Crippen LogP contribution in [0, 0.1) is 12.8 Å². The third kappa shape index (κ3) is 6.42. The zero-order valence-corrected chi connectivity index (χ0v) is 16.3. The predicted molar refractivity (Wildman–Crippen MR) is 108 cm³/mol. The Kier molecular flexibility index (Phi) is 7.56. The van der Waals surface area contributed by atoms with Gasteiger partial charge < -0.3 is 10.6 Å². The lowest BCUT2D eigenvalue weighted by atomic mass is 10.0. The van der Waals surface area contributed by atoms with Crippen molar-refractivity contribution in [3.8, 4) is 0 Å². The van der Waals surface area contributed by atoms with Crippen LogP contribution in [0.4, 0.5) is 5.69 Å². The van der Waals surface area contributed by atoms with E-state index in [4.69, 9.17) is 0 Å². The lowest BCUT2D eigenvalue weighted by molar-refractivity contribution is -0.129. The molecule has 0 saturated heterocycles. The van der Waals surface area contributed by atoms with Crippen molar-refractivity contribution in [3.63, 3.8) is 0 Å². The maximum absolute atomic E-state index is 12.4. The summed E-state index contributed by atoms with van der Waals surface area (Å²) in [6, 6.07) is 15.6. The number of aryl methyl sites for hydroxylation is 1. The van der Waals surface area contributed by atoms with Gasteiger partial charge in [0.05, 0.1) is 6.54 Å². The number of hydrogen-bond acceptors (Lipinski definition) is 4. The molecule has 0 aliphatic rings. The summed E-state index contributed by atoms with van der Waals surface area (Å²) in [5.74, 6) is -1.38. The van der Waals surface area contributed by atoms with Crippen LogP contribution in [-0.2, 0) is 9.59 Å². The number of para-hydroxylation sites is 1. The van der Waals surface area contributed by atoms with Crippen LogP contribution in [0.3, 0.4) is 0 Å². The largest absolute Gasteiger partial charge is 0.376 e. The zero-order valence-electron chi connectivity index (χ0n) is 16.3. The Balaban J connectivity index is 1.86. The number of rotatable bonds is 7. The minimum atomic E-state index is -0.782. The average molecular weight is 382 g/mol. The van der Waals surface area contributed by atoms with Gasteiger partial charge in [-0.15, -0.1) is 0 Å². The van der Waals surface area contributed by atoms with E-state index in [1.807, 2.05) is 57.2 Å². The number of carbonyl (C=O) groups excluding carboxylic acids is 3. The van der Waals surface area contributed by atoms with Crippen LogP contribution in [0.15, 0.2) is 54.6 Å². The summed E-state index contributed by atoms with van der Waals surface area (Å²) in [4.78, 5) is 36.8. The summed E-state index contributed by atoms with van der Waals surface area (Å²) >= 11 is 0. The topological polar surface area (TPSA) is 99.3 Å². The number of benzene rings is 2. The van der Waals surface area contributed by atoms with Crippen LogP contribution in [0.1, 0.15) is 29.8 Å². The quantitative estimate of drug-likeness (QED) is 0.551. The number of amides is 3. The predicted octanol–water partition coefficient (Wildman–Crippen LogP) is 2.01. The van der Waals surface area contributed by atoms with E-state index >= 15 is 0 Å². The number of nitrogens with one attached hydrogen (secondary N) is 4. The van der Waals surface area contributed by atoms with Gasteiger partial charge in [-0.25, -0.2) is 0 Å². The van der Waals surface area contributed by atoms with Crippen molar-refractivity contribution < 1.29 is 14.4 Å². The van der Waals surface area contributed by atoms with E-state index in [2.05, 4.69) is 21.5 Å². The SMILES string of the molecule is Cc1cccc(C(=O)NC(C(=O)NNC(=O)CNc2ccccc2)C(C)C)c1. The fraction of sp³-hybridized carbons (Fsp3) is 0.286. The van der Waals surface area contributed by atoms with E-state index in [0.717, 1.165) is 11.3 Å². The van der Waals surface area contributed by atoms with Gasteiger partial charge in [0.2, 0.25) is 0 Å². The van der Waals surface area contributed by atoms with Crippen LogP contribution in [0.25, 0.3) is 0 Å². The highest BCUT2D eigenvalue weighted by atomic mass is 16.2. The zero-order chi connectivity index (χ0) is 20.5. The third-order valence-corrected chi connectivity index (χ3v) is 4.07. The van der Waals surface area contributed by atoms with E-state index in [9.17, 15) is 14.4 Å². The van der Waals surface area contributed by atoms with Gasteiger partial charge in [0.1, 0.15) is 6.04 Å². The van der Waals surface area contributed by atoms with Crippen molar-refractivity contribution in [3.05, 3.63) is 65.7 Å². The summed E-state index contributed by atoms with van der Waals surface area (Å²) < 4.78 is 0. The monoisotopic (exact) mass is 382 g/mol. The molecule has 0 saturated carbocycles. The Hall–Kier alpha value is -3.35. The summed E-state index contributed by atoms with van der Waals surface area (Å²) in [5.41, 5.74) is 6.97. The Morgan fingerprint density at radius 3 is 2.29 bits per heavy atom. The highest BCUT2D eigenvalue weighted by Crippen LogP contribution is 2.07. The number of hydrogen-bond donors (Lipinski definition) is 4. The van der Waals surface area contributed by atoms with E-state index in [0.29, 0.717) is 5.56 Å². The Morgan fingerprint density at radius 1 is 0.929 bits per heavy atom. The smallest absolute Gasteiger partial charge is 0.261 e. The molecule has 1 atom stereocenters. The molecule has 4 N–H and O–H groups in total. The van der Waals surface area contributed by atoms with Gasteiger partial charge >= 0.3 is 0 Å². The molecular formula is C21H26N4O3. The Bertz CT molecular complexity index is 821. The molecule has 7 nitrogen and oxygen atoms in total. The van der Waals surface area contributed by atoms with E-state index in [1.54, 1.807) is 18.2 Å². The average Bonchev–Trinajstić information content (AvgIpc) is 2.69. The van der Waals surface area contributed by atoms with Crippen molar-refractivity contribution >= 4 is 23.4 Å². The second kappa shape index (κ2) is 10.1. The van der Waals surface area contributed by atoms with Crippen molar-refractivity contribution in [1.29, 1.82) is 0 Å². The van der Waals surface area contributed by atoms with Gasteiger partial charge in [-0.05, 0) is 37.1 Å². The standard InChI is InChI=1S/C21H26N4O3/c1-14(2)19(23-20(27)16-9-7-8-15(3)12-16)21(28)25-24-18(26)13-22-17-10-5-4-6-11-17/h4-12,14,19,22H,13H2,1-3H3,(H,23,27)(H,24,26)(H,25,28). The first-order chi connectivity index (χ1) is 13.4. The Morgan fingerprint density at radius 2 is 1.64 bits per heavy atom. The number of carbonyl (C=O) groups is 3. The van der Waals surface area contributed by atoms with E-state index in [-0.39, 0.29) is 18.4 Å². The van der Waals surface area contributed by atoms with Crippen LogP contribution in [0.2, 0.25) is 0 Å². The lowest BCUT2D eigenvalue weighted by Gasteiger charge is -2.22. The molecule has 0 aromatic heterocycles. The van der Waals surface area contributed by atoms with Crippen molar-refractivity contribution in [1.82, 2.24) is 16.2 Å². The molecule has 0 heterocycles.